The average Bonchev–Trinajstić information content (AvgIpc) is 2.72. The van der Waals surface area contributed by atoms with Crippen LogP contribution >= 0.6 is 0 Å². The van der Waals surface area contributed by atoms with Gasteiger partial charge in [-0.1, -0.05) is 18.2 Å². The van der Waals surface area contributed by atoms with Crippen molar-refractivity contribution in [1.29, 1.82) is 0 Å². The number of carboxylic acids is 1. The highest BCUT2D eigenvalue weighted by Gasteiger charge is 2.37. The number of hydrogen-bond donors (Lipinski definition) is 1. The van der Waals surface area contributed by atoms with Crippen molar-refractivity contribution in [3.05, 3.63) is 87.9 Å². The van der Waals surface area contributed by atoms with Crippen LogP contribution in [0.5, 0.6) is 0 Å². The zero-order chi connectivity index (χ0) is 22.0. The van der Waals surface area contributed by atoms with Gasteiger partial charge in [0.25, 0.3) is 17.5 Å². The van der Waals surface area contributed by atoms with Crippen molar-refractivity contribution >= 4 is 35.2 Å². The maximum absolute atomic E-state index is 13.2. The Morgan fingerprint density at radius 2 is 1.77 bits per heavy atom. The predicted octanol–water partition coefficient (Wildman–Crippen LogP) is 3.60. The molecule has 0 spiro atoms. The van der Waals surface area contributed by atoms with Crippen molar-refractivity contribution < 1.29 is 19.5 Å². The summed E-state index contributed by atoms with van der Waals surface area (Å²) in [6.45, 7) is 8.98. The second kappa shape index (κ2) is 8.05. The van der Waals surface area contributed by atoms with Gasteiger partial charge in [-0.25, -0.2) is 9.64 Å². The molecule has 1 aliphatic rings. The molecule has 2 amide bonds. The molecule has 3 rings (SSSR count). The molecule has 30 heavy (non-hydrogen) atoms. The van der Waals surface area contributed by atoms with Crippen LogP contribution in [-0.2, 0) is 9.59 Å². The Morgan fingerprint density at radius 1 is 1.10 bits per heavy atom. The predicted molar refractivity (Wildman–Crippen MR) is 114 cm³/mol. The first-order chi connectivity index (χ1) is 14.2. The third-order valence-electron chi connectivity index (χ3n) is 4.78. The lowest BCUT2D eigenvalue weighted by atomic mass is 9.96. The summed E-state index contributed by atoms with van der Waals surface area (Å²) in [7, 11) is 3.84. The molecule has 2 aromatic rings. The molecule has 0 aromatic heterocycles. The number of hydrogen-bond acceptors (Lipinski definition) is 4. The van der Waals surface area contributed by atoms with Crippen molar-refractivity contribution in [2.45, 2.75) is 6.92 Å². The average molecular weight is 401 g/mol. The number of rotatable bonds is 4. The fourth-order valence-electron chi connectivity index (χ4n) is 3.12. The summed E-state index contributed by atoms with van der Waals surface area (Å²) in [5, 5.41) is 9.23. The van der Waals surface area contributed by atoms with E-state index >= 15 is 0 Å². The number of anilines is 2. The Hall–Kier alpha value is -4.18. The van der Waals surface area contributed by atoms with Gasteiger partial charge in [-0.2, -0.15) is 0 Å². The zero-order valence-corrected chi connectivity index (χ0v) is 16.7. The van der Waals surface area contributed by atoms with Crippen LogP contribution in [0.3, 0.4) is 0 Å². The lowest BCUT2D eigenvalue weighted by Gasteiger charge is -2.28. The van der Waals surface area contributed by atoms with E-state index < -0.39 is 17.8 Å². The first-order valence-electron chi connectivity index (χ1n) is 9.04. The summed E-state index contributed by atoms with van der Waals surface area (Å²) in [5.74, 6) is -2.55. The Balaban J connectivity index is 2.12. The third kappa shape index (κ3) is 3.71. The lowest BCUT2D eigenvalue weighted by molar-refractivity contribution is -0.123. The van der Waals surface area contributed by atoms with Gasteiger partial charge in [0.05, 0.1) is 17.8 Å². The van der Waals surface area contributed by atoms with Crippen molar-refractivity contribution in [1.82, 2.24) is 0 Å². The van der Waals surface area contributed by atoms with Crippen LogP contribution in [0.1, 0.15) is 22.8 Å². The van der Waals surface area contributed by atoms with Crippen LogP contribution in [0.25, 0.3) is 10.9 Å². The molecule has 0 bridgehead atoms. The standard InChI is InChI=1S/C23H19N3O4/c1-14-19(12-15-8-10-17(11-9-15)25(3)4)21(27)26(22(28)20(14)24-2)18-7-5-6-16(13-18)23(29)30/h5-13H,1,3-4H3,(H,29,30)/b19-12-. The van der Waals surface area contributed by atoms with Gasteiger partial charge in [0.1, 0.15) is 0 Å². The molecule has 1 aliphatic heterocycles. The van der Waals surface area contributed by atoms with E-state index in [2.05, 4.69) is 4.85 Å². The quantitative estimate of drug-likeness (QED) is 0.481. The maximum atomic E-state index is 13.2. The Labute approximate surface area is 174 Å². The highest BCUT2D eigenvalue weighted by Crippen LogP contribution is 2.32. The maximum Gasteiger partial charge on any atom is 0.335 e. The smallest absolute Gasteiger partial charge is 0.335 e. The highest BCUT2D eigenvalue weighted by atomic mass is 16.4. The molecule has 0 saturated heterocycles. The van der Waals surface area contributed by atoms with E-state index in [0.29, 0.717) is 5.57 Å². The molecule has 1 N–H and O–H groups in total. The molecule has 7 heteroatoms. The molecule has 0 saturated carbocycles. The minimum absolute atomic E-state index is 0.0615. The molecular formula is C23H19N3O4. The molecule has 150 valence electrons. The fraction of sp³-hybridized carbons (Fsp3) is 0.130. The van der Waals surface area contributed by atoms with Crippen LogP contribution < -0.4 is 9.80 Å². The normalized spacial score (nSPS) is 15.4. The summed E-state index contributed by atoms with van der Waals surface area (Å²) in [6, 6.07) is 13.0. The summed E-state index contributed by atoms with van der Waals surface area (Å²) in [4.78, 5) is 43.5. The zero-order valence-electron chi connectivity index (χ0n) is 16.7. The number of amides is 2. The van der Waals surface area contributed by atoms with Gasteiger partial charge >= 0.3 is 5.97 Å². The Bertz CT molecular complexity index is 1150. The van der Waals surface area contributed by atoms with Crippen molar-refractivity contribution in [2.24, 2.45) is 0 Å². The van der Waals surface area contributed by atoms with Crippen LogP contribution in [0.15, 0.2) is 65.4 Å². The van der Waals surface area contributed by atoms with Crippen molar-refractivity contribution in [3.8, 4) is 0 Å². The second-order valence-corrected chi connectivity index (χ2v) is 6.93. The van der Waals surface area contributed by atoms with Crippen molar-refractivity contribution in [2.75, 3.05) is 23.9 Å². The Morgan fingerprint density at radius 3 is 2.33 bits per heavy atom. The summed E-state index contributed by atoms with van der Waals surface area (Å²) >= 11 is 0. The molecule has 2 aromatic carbocycles. The second-order valence-electron chi connectivity index (χ2n) is 6.93. The Kier molecular flexibility index (Phi) is 5.52. The number of imide groups is 1. The first kappa shape index (κ1) is 20.6. The third-order valence-corrected chi connectivity index (χ3v) is 4.78. The van der Waals surface area contributed by atoms with Gasteiger partial charge in [0, 0.05) is 25.4 Å². The molecular weight excluding hydrogens is 382 g/mol. The minimum atomic E-state index is -1.18. The number of carboxylic acid groups (broad SMARTS) is 1. The van der Waals surface area contributed by atoms with E-state index in [0.717, 1.165) is 16.2 Å². The van der Waals surface area contributed by atoms with Crippen LogP contribution in [-0.4, -0.2) is 37.0 Å². The van der Waals surface area contributed by atoms with Gasteiger partial charge in [-0.05, 0) is 54.5 Å². The summed E-state index contributed by atoms with van der Waals surface area (Å²) in [5.41, 5.74) is 2.10. The van der Waals surface area contributed by atoms with Gasteiger partial charge < -0.3 is 10.0 Å². The minimum Gasteiger partial charge on any atom is -0.478 e. The van der Waals surface area contributed by atoms with Crippen molar-refractivity contribution in [3.63, 3.8) is 0 Å². The van der Waals surface area contributed by atoms with E-state index in [4.69, 9.17) is 6.57 Å². The lowest BCUT2D eigenvalue weighted by Crippen LogP contribution is -2.42. The number of nitrogens with zero attached hydrogens (tertiary/aromatic N) is 3. The molecule has 0 radical (unpaired) electrons. The number of benzene rings is 2. The van der Waals surface area contributed by atoms with E-state index in [-0.39, 0.29) is 22.5 Å². The summed E-state index contributed by atoms with van der Waals surface area (Å²) < 4.78 is 0. The SMILES string of the molecule is [C-]#[N+]C1=C(C)/C(=C/c2ccc(N(C)C)cc2)C(=O)N(c2cccc(C(=O)O)c2)C1=O. The van der Waals surface area contributed by atoms with Crippen LogP contribution in [0, 0.1) is 6.57 Å². The van der Waals surface area contributed by atoms with E-state index in [1.54, 1.807) is 13.0 Å². The largest absolute Gasteiger partial charge is 0.478 e. The van der Waals surface area contributed by atoms with Gasteiger partial charge in [-0.3, -0.25) is 14.5 Å². The number of carbonyl (C=O) groups excluding carboxylic acids is 2. The number of carbonyl (C=O) groups is 3. The van der Waals surface area contributed by atoms with Crippen LogP contribution in [0.4, 0.5) is 11.4 Å². The molecule has 0 aliphatic carbocycles. The topological polar surface area (TPSA) is 82.3 Å². The van der Waals surface area contributed by atoms with E-state index in [9.17, 15) is 19.5 Å². The van der Waals surface area contributed by atoms with E-state index in [1.807, 2.05) is 43.3 Å². The van der Waals surface area contributed by atoms with Gasteiger partial charge in [-0.15, -0.1) is 0 Å². The highest BCUT2D eigenvalue weighted by molar-refractivity contribution is 6.31. The van der Waals surface area contributed by atoms with Gasteiger partial charge in [0.2, 0.25) is 0 Å². The van der Waals surface area contributed by atoms with E-state index in [1.165, 1.54) is 24.3 Å². The van der Waals surface area contributed by atoms with Gasteiger partial charge in [0.15, 0.2) is 0 Å². The number of aromatic carboxylic acids is 1. The summed E-state index contributed by atoms with van der Waals surface area (Å²) in [6.07, 6.45) is 1.63. The first-order valence-corrected chi connectivity index (χ1v) is 9.04. The molecule has 0 atom stereocenters. The molecule has 1 heterocycles. The van der Waals surface area contributed by atoms with Crippen LogP contribution in [0.2, 0.25) is 0 Å². The monoisotopic (exact) mass is 401 g/mol. The molecule has 0 fully saturated rings. The molecule has 7 nitrogen and oxygen atoms in total. The fourth-order valence-corrected chi connectivity index (χ4v) is 3.12. The molecule has 0 unspecified atom stereocenters.